The summed E-state index contributed by atoms with van der Waals surface area (Å²) >= 11 is 0. The molecule has 2 fully saturated rings. The Bertz CT molecular complexity index is 1430. The number of aromatic nitrogens is 3. The van der Waals surface area contributed by atoms with E-state index in [9.17, 15) is 18.0 Å². The molecule has 2 aliphatic rings. The maximum atomic E-state index is 13.6. The van der Waals surface area contributed by atoms with E-state index in [0.717, 1.165) is 25.1 Å². The number of hydrogen-bond donors (Lipinski definition) is 2. The van der Waals surface area contributed by atoms with E-state index < -0.39 is 21.1 Å². The van der Waals surface area contributed by atoms with E-state index in [0.29, 0.717) is 49.9 Å². The second-order valence-electron chi connectivity index (χ2n) is 11.2. The van der Waals surface area contributed by atoms with E-state index in [1.807, 2.05) is 0 Å². The lowest BCUT2D eigenvalue weighted by molar-refractivity contribution is -0.134. The van der Waals surface area contributed by atoms with Gasteiger partial charge in [0.15, 0.2) is 0 Å². The molecule has 0 spiro atoms. The first kappa shape index (κ1) is 28.9. The van der Waals surface area contributed by atoms with Crippen molar-refractivity contribution in [2.45, 2.75) is 62.3 Å². The average Bonchev–Trinajstić information content (AvgIpc) is 3.52. The molecule has 1 aliphatic heterocycles. The number of rotatable bonds is 11. The molecule has 3 aromatic rings. The Morgan fingerprint density at radius 1 is 1.05 bits per heavy atom. The molecule has 1 aliphatic carbocycles. The zero-order valence-corrected chi connectivity index (χ0v) is 24.4. The predicted octanol–water partition coefficient (Wildman–Crippen LogP) is 2.64. The number of amides is 2. The van der Waals surface area contributed by atoms with Crippen LogP contribution in [-0.4, -0.2) is 83.3 Å². The van der Waals surface area contributed by atoms with Crippen LogP contribution in [0.25, 0.3) is 5.69 Å². The lowest BCUT2D eigenvalue weighted by Gasteiger charge is -2.33. The lowest BCUT2D eigenvalue weighted by Crippen LogP contribution is -2.52. The maximum absolute atomic E-state index is 13.6. The number of nitrogens with one attached hydrogen (secondary N) is 2. The van der Waals surface area contributed by atoms with Crippen LogP contribution in [0.3, 0.4) is 0 Å². The van der Waals surface area contributed by atoms with Crippen molar-refractivity contribution in [1.29, 1.82) is 0 Å². The molecule has 2 heterocycles. The molecule has 218 valence electrons. The third kappa shape index (κ3) is 7.39. The summed E-state index contributed by atoms with van der Waals surface area (Å²) in [6.07, 6.45) is 7.69. The van der Waals surface area contributed by atoms with E-state index in [1.54, 1.807) is 46.2 Å². The van der Waals surface area contributed by atoms with E-state index in [-0.39, 0.29) is 11.8 Å². The smallest absolute Gasteiger partial charge is 0.251 e. The Morgan fingerprint density at radius 3 is 2.39 bits per heavy atom. The van der Waals surface area contributed by atoms with Crippen LogP contribution < -0.4 is 10.6 Å². The fraction of sp³-hybridized carbons (Fsp3) is 0.467. The molecule has 11 heteroatoms. The molecule has 2 aromatic carbocycles. The molecule has 0 unspecified atom stereocenters. The minimum Gasteiger partial charge on any atom is -0.341 e. The summed E-state index contributed by atoms with van der Waals surface area (Å²) in [7, 11) is -3.14. The van der Waals surface area contributed by atoms with Crippen LogP contribution in [0.5, 0.6) is 0 Å². The van der Waals surface area contributed by atoms with Crippen molar-refractivity contribution < 1.29 is 18.0 Å². The van der Waals surface area contributed by atoms with Gasteiger partial charge in [0.25, 0.3) is 5.91 Å². The minimum absolute atomic E-state index is 0.159. The van der Waals surface area contributed by atoms with E-state index in [4.69, 9.17) is 0 Å². The SMILES string of the molecule is Cc1ccc([C@@H]2C[C@H]2NCCC[C@H](NC(=O)c2ccc(-n3ccnn3)cc2)C(=O)N2CCC(S(C)(=O)=O)CC2)cc1. The molecule has 41 heavy (non-hydrogen) atoms. The summed E-state index contributed by atoms with van der Waals surface area (Å²) < 4.78 is 25.6. The molecule has 0 bridgehead atoms. The number of aryl methyl sites for hydroxylation is 1. The number of benzene rings is 2. The molecule has 5 rings (SSSR count). The second kappa shape index (κ2) is 12.5. The highest BCUT2D eigenvalue weighted by Crippen LogP contribution is 2.40. The Balaban J connectivity index is 1.18. The van der Waals surface area contributed by atoms with Crippen molar-refractivity contribution in [1.82, 2.24) is 30.5 Å². The van der Waals surface area contributed by atoms with Gasteiger partial charge in [0.05, 0.1) is 23.3 Å². The third-order valence-electron chi connectivity index (χ3n) is 8.15. The van der Waals surface area contributed by atoms with Gasteiger partial charge < -0.3 is 15.5 Å². The minimum atomic E-state index is -3.14. The normalized spacial score (nSPS) is 20.0. The maximum Gasteiger partial charge on any atom is 0.251 e. The van der Waals surface area contributed by atoms with Crippen molar-refractivity contribution >= 4 is 21.7 Å². The van der Waals surface area contributed by atoms with Crippen LogP contribution in [-0.2, 0) is 14.6 Å². The summed E-state index contributed by atoms with van der Waals surface area (Å²) in [6, 6.07) is 15.4. The standard InChI is InChI=1S/C30H38N6O4S/c1-21-5-7-22(8-6-21)26-20-28(26)31-15-3-4-27(30(38)35-17-13-25(14-18-35)41(2,39)40)33-29(37)23-9-11-24(12-10-23)36-19-16-32-34-36/h5-12,16,19,25-28,31H,3-4,13-15,17-18,20H2,1-2H3,(H,33,37)/t26-,27-,28+/m0/s1. The third-order valence-corrected chi connectivity index (χ3v) is 9.83. The summed E-state index contributed by atoms with van der Waals surface area (Å²) in [5.41, 5.74) is 3.82. The summed E-state index contributed by atoms with van der Waals surface area (Å²) in [5.74, 6) is 0.0342. The summed E-state index contributed by atoms with van der Waals surface area (Å²) in [6.45, 7) is 3.57. The van der Waals surface area contributed by atoms with Gasteiger partial charge in [-0.3, -0.25) is 9.59 Å². The van der Waals surface area contributed by atoms with Gasteiger partial charge in [0, 0.05) is 36.9 Å². The number of likely N-dealkylation sites (tertiary alicyclic amines) is 1. The molecule has 1 aromatic heterocycles. The van der Waals surface area contributed by atoms with Gasteiger partial charge in [0.2, 0.25) is 5.91 Å². The van der Waals surface area contributed by atoms with Crippen LogP contribution >= 0.6 is 0 Å². The van der Waals surface area contributed by atoms with Gasteiger partial charge in [-0.15, -0.1) is 5.10 Å². The fourth-order valence-electron chi connectivity index (χ4n) is 5.53. The molecule has 0 radical (unpaired) electrons. The highest BCUT2D eigenvalue weighted by Gasteiger charge is 2.38. The van der Waals surface area contributed by atoms with Gasteiger partial charge in [-0.05, 0) is 75.4 Å². The Kier molecular flexibility index (Phi) is 8.84. The molecule has 1 saturated carbocycles. The first-order valence-corrected chi connectivity index (χ1v) is 16.2. The number of carbonyl (C=O) groups excluding carboxylic acids is 2. The monoisotopic (exact) mass is 578 g/mol. The van der Waals surface area contributed by atoms with Crippen LogP contribution in [0.1, 0.15) is 59.5 Å². The summed E-state index contributed by atoms with van der Waals surface area (Å²) in [4.78, 5) is 28.4. The van der Waals surface area contributed by atoms with E-state index in [1.165, 1.54) is 17.4 Å². The van der Waals surface area contributed by atoms with Crippen LogP contribution in [0.4, 0.5) is 0 Å². The van der Waals surface area contributed by atoms with Crippen molar-refractivity contribution in [3.05, 3.63) is 77.6 Å². The van der Waals surface area contributed by atoms with Gasteiger partial charge in [-0.2, -0.15) is 0 Å². The average molecular weight is 579 g/mol. The van der Waals surface area contributed by atoms with Crippen LogP contribution in [0, 0.1) is 6.92 Å². The number of hydrogen-bond acceptors (Lipinski definition) is 7. The number of carbonyl (C=O) groups is 2. The van der Waals surface area contributed by atoms with Crippen molar-refractivity contribution in [3.63, 3.8) is 0 Å². The molecule has 2 N–H and O–H groups in total. The molecule has 3 atom stereocenters. The van der Waals surface area contributed by atoms with E-state index in [2.05, 4.69) is 52.1 Å². The molecule has 1 saturated heterocycles. The highest BCUT2D eigenvalue weighted by molar-refractivity contribution is 7.91. The molecular formula is C30H38N6O4S. The first-order valence-electron chi connectivity index (χ1n) is 14.2. The molecule has 2 amide bonds. The van der Waals surface area contributed by atoms with Crippen LogP contribution in [0.2, 0.25) is 0 Å². The number of nitrogens with zero attached hydrogens (tertiary/aromatic N) is 4. The molecule has 10 nitrogen and oxygen atoms in total. The van der Waals surface area contributed by atoms with Gasteiger partial charge in [0.1, 0.15) is 15.9 Å². The Morgan fingerprint density at radius 2 is 1.76 bits per heavy atom. The summed E-state index contributed by atoms with van der Waals surface area (Å²) in [5, 5.41) is 13.9. The van der Waals surface area contributed by atoms with Gasteiger partial charge >= 0.3 is 0 Å². The van der Waals surface area contributed by atoms with Gasteiger partial charge in [-0.1, -0.05) is 35.0 Å². The number of sulfone groups is 1. The lowest BCUT2D eigenvalue weighted by atomic mass is 10.1. The second-order valence-corrected chi connectivity index (χ2v) is 13.6. The van der Waals surface area contributed by atoms with Gasteiger partial charge in [-0.25, -0.2) is 13.1 Å². The Hall–Kier alpha value is -3.57. The van der Waals surface area contributed by atoms with E-state index >= 15 is 0 Å². The van der Waals surface area contributed by atoms with Crippen molar-refractivity contribution in [2.75, 3.05) is 25.9 Å². The molecular weight excluding hydrogens is 540 g/mol. The highest BCUT2D eigenvalue weighted by atomic mass is 32.2. The zero-order chi connectivity index (χ0) is 29.0. The number of piperidine rings is 1. The first-order chi connectivity index (χ1) is 19.7. The quantitative estimate of drug-likeness (QED) is 0.335. The van der Waals surface area contributed by atoms with Crippen LogP contribution in [0.15, 0.2) is 60.9 Å². The predicted molar refractivity (Wildman–Crippen MR) is 157 cm³/mol. The topological polar surface area (TPSA) is 126 Å². The fourth-order valence-corrected chi connectivity index (χ4v) is 6.60. The van der Waals surface area contributed by atoms with Crippen molar-refractivity contribution in [3.8, 4) is 5.69 Å². The zero-order valence-electron chi connectivity index (χ0n) is 23.6. The van der Waals surface area contributed by atoms with Crippen molar-refractivity contribution in [2.24, 2.45) is 0 Å². The largest absolute Gasteiger partial charge is 0.341 e. The Labute approximate surface area is 241 Å².